The highest BCUT2D eigenvalue weighted by atomic mass is 16.6. The smallest absolute Gasteiger partial charge is 0.408 e. The van der Waals surface area contributed by atoms with Crippen LogP contribution in [0.3, 0.4) is 0 Å². The standard InChI is InChI=1S/C18H29NO4/c1-11(20)14(19-15(21)23-16(2,3)4)17-6-12-5-13(7-17)9-18(22,8-12)10-17/h12-14,22H,5-10H2,1-4H3,(H,19,21)/t12?,13?,14-,17?,18?/m1/s1. The number of carbonyl (C=O) groups is 2. The third kappa shape index (κ3) is 3.25. The molecule has 5 heteroatoms. The van der Waals surface area contributed by atoms with Gasteiger partial charge in [-0.2, -0.15) is 0 Å². The van der Waals surface area contributed by atoms with Crippen LogP contribution in [0.4, 0.5) is 4.79 Å². The first-order chi connectivity index (χ1) is 10.5. The quantitative estimate of drug-likeness (QED) is 0.837. The van der Waals surface area contributed by atoms with E-state index >= 15 is 0 Å². The minimum absolute atomic E-state index is 0.0404. The summed E-state index contributed by atoms with van der Waals surface area (Å²) in [5.41, 5.74) is -1.54. The van der Waals surface area contributed by atoms with Crippen LogP contribution in [0.5, 0.6) is 0 Å². The molecule has 0 radical (unpaired) electrons. The average molecular weight is 323 g/mol. The number of alkyl carbamates (subject to hydrolysis) is 1. The Balaban J connectivity index is 1.81. The van der Waals surface area contributed by atoms with Crippen LogP contribution < -0.4 is 5.32 Å². The highest BCUT2D eigenvalue weighted by Gasteiger charge is 2.60. The number of ether oxygens (including phenoxy) is 1. The summed E-state index contributed by atoms with van der Waals surface area (Å²) in [5.74, 6) is 0.911. The maximum Gasteiger partial charge on any atom is 0.408 e. The Bertz CT molecular complexity index is 508. The summed E-state index contributed by atoms with van der Waals surface area (Å²) in [4.78, 5) is 24.5. The van der Waals surface area contributed by atoms with E-state index in [0.29, 0.717) is 18.3 Å². The number of carbonyl (C=O) groups excluding carboxylic acids is 2. The van der Waals surface area contributed by atoms with Crippen LogP contribution in [0.25, 0.3) is 0 Å². The second-order valence-electron chi connectivity index (χ2n) is 9.24. The van der Waals surface area contributed by atoms with Crippen molar-refractivity contribution >= 4 is 11.9 Å². The molecular weight excluding hydrogens is 294 g/mol. The van der Waals surface area contributed by atoms with Gasteiger partial charge < -0.3 is 15.2 Å². The zero-order valence-corrected chi connectivity index (χ0v) is 14.6. The number of Topliss-reactive ketones (excluding diaryl/α,β-unsaturated/α-hetero) is 1. The first-order valence-corrected chi connectivity index (χ1v) is 8.73. The van der Waals surface area contributed by atoms with Crippen LogP contribution in [-0.4, -0.2) is 34.2 Å². The van der Waals surface area contributed by atoms with Crippen LogP contribution in [0, 0.1) is 17.3 Å². The number of amides is 1. The Morgan fingerprint density at radius 2 is 1.74 bits per heavy atom. The van der Waals surface area contributed by atoms with Gasteiger partial charge in [0.25, 0.3) is 0 Å². The molecule has 0 spiro atoms. The van der Waals surface area contributed by atoms with Gasteiger partial charge in [0.1, 0.15) is 5.60 Å². The van der Waals surface area contributed by atoms with Gasteiger partial charge in [-0.1, -0.05) is 0 Å². The van der Waals surface area contributed by atoms with E-state index in [1.54, 1.807) is 0 Å². The minimum Gasteiger partial charge on any atom is -0.444 e. The Labute approximate surface area is 138 Å². The molecule has 5 nitrogen and oxygen atoms in total. The second kappa shape index (κ2) is 5.20. The topological polar surface area (TPSA) is 75.6 Å². The molecule has 2 N–H and O–H groups in total. The van der Waals surface area contributed by atoms with Crippen molar-refractivity contribution in [3.8, 4) is 0 Å². The van der Waals surface area contributed by atoms with Gasteiger partial charge in [-0.15, -0.1) is 0 Å². The molecule has 0 aromatic rings. The van der Waals surface area contributed by atoms with Gasteiger partial charge in [-0.05, 0) is 78.1 Å². The van der Waals surface area contributed by atoms with E-state index in [0.717, 1.165) is 32.1 Å². The van der Waals surface area contributed by atoms with Gasteiger partial charge in [-0.25, -0.2) is 4.79 Å². The van der Waals surface area contributed by atoms with Crippen LogP contribution in [-0.2, 0) is 9.53 Å². The van der Waals surface area contributed by atoms with Crippen molar-refractivity contribution in [1.82, 2.24) is 5.32 Å². The zero-order valence-electron chi connectivity index (χ0n) is 14.6. The third-order valence-corrected chi connectivity index (χ3v) is 5.76. The predicted molar refractivity (Wildman–Crippen MR) is 85.9 cm³/mol. The molecule has 0 saturated heterocycles. The summed E-state index contributed by atoms with van der Waals surface area (Å²) < 4.78 is 5.34. The largest absolute Gasteiger partial charge is 0.444 e. The molecule has 0 heterocycles. The van der Waals surface area contributed by atoms with Gasteiger partial charge in [0.05, 0.1) is 11.6 Å². The van der Waals surface area contributed by atoms with E-state index in [9.17, 15) is 14.7 Å². The van der Waals surface area contributed by atoms with E-state index in [2.05, 4.69) is 5.32 Å². The highest BCUT2D eigenvalue weighted by Crippen LogP contribution is 2.62. The Hall–Kier alpha value is -1.10. The van der Waals surface area contributed by atoms with Crippen molar-refractivity contribution in [3.05, 3.63) is 0 Å². The van der Waals surface area contributed by atoms with E-state index in [4.69, 9.17) is 4.74 Å². The van der Waals surface area contributed by atoms with Gasteiger partial charge in [0.2, 0.25) is 0 Å². The molecule has 4 rings (SSSR count). The lowest BCUT2D eigenvalue weighted by atomic mass is 9.46. The highest BCUT2D eigenvalue weighted by molar-refractivity contribution is 5.86. The van der Waals surface area contributed by atoms with Crippen molar-refractivity contribution in [2.24, 2.45) is 17.3 Å². The zero-order chi connectivity index (χ0) is 17.0. The molecule has 2 unspecified atom stereocenters. The SMILES string of the molecule is CC(=O)[C@@H](NC(=O)OC(C)(C)C)C12CC3CC(CC(O)(C3)C1)C2. The van der Waals surface area contributed by atoms with Crippen LogP contribution in [0.2, 0.25) is 0 Å². The maximum absolute atomic E-state index is 12.3. The van der Waals surface area contributed by atoms with Gasteiger partial charge >= 0.3 is 6.09 Å². The van der Waals surface area contributed by atoms with E-state index in [1.165, 1.54) is 6.92 Å². The summed E-state index contributed by atoms with van der Waals surface area (Å²) in [7, 11) is 0. The van der Waals surface area contributed by atoms with Crippen molar-refractivity contribution in [2.45, 2.75) is 83.5 Å². The monoisotopic (exact) mass is 323 g/mol. The lowest BCUT2D eigenvalue weighted by Crippen LogP contribution is -2.64. The summed E-state index contributed by atoms with van der Waals surface area (Å²) in [6.07, 6.45) is 4.77. The second-order valence-corrected chi connectivity index (χ2v) is 9.24. The lowest BCUT2D eigenvalue weighted by molar-refractivity contribution is -0.175. The molecule has 4 aliphatic rings. The van der Waals surface area contributed by atoms with Crippen LogP contribution in [0.15, 0.2) is 0 Å². The normalized spacial score (nSPS) is 39.9. The summed E-state index contributed by atoms with van der Waals surface area (Å²) in [5, 5.41) is 13.7. The molecule has 3 atom stereocenters. The number of aliphatic hydroxyl groups is 1. The minimum atomic E-state index is -0.645. The fourth-order valence-electron chi connectivity index (χ4n) is 5.73. The van der Waals surface area contributed by atoms with Crippen molar-refractivity contribution in [2.75, 3.05) is 0 Å². The molecule has 4 saturated carbocycles. The van der Waals surface area contributed by atoms with E-state index < -0.39 is 23.3 Å². The van der Waals surface area contributed by atoms with Gasteiger partial charge in [0, 0.05) is 5.41 Å². The van der Waals surface area contributed by atoms with Gasteiger partial charge in [0.15, 0.2) is 5.78 Å². The molecule has 130 valence electrons. The van der Waals surface area contributed by atoms with Gasteiger partial charge in [-0.3, -0.25) is 4.79 Å². The van der Waals surface area contributed by atoms with Crippen molar-refractivity contribution in [1.29, 1.82) is 0 Å². The number of hydrogen-bond acceptors (Lipinski definition) is 4. The molecule has 4 fully saturated rings. The molecule has 0 aliphatic heterocycles. The van der Waals surface area contributed by atoms with Crippen molar-refractivity contribution in [3.63, 3.8) is 0 Å². The number of ketones is 1. The van der Waals surface area contributed by atoms with Crippen LogP contribution >= 0.6 is 0 Å². The number of rotatable bonds is 3. The van der Waals surface area contributed by atoms with E-state index in [-0.39, 0.29) is 11.2 Å². The van der Waals surface area contributed by atoms with Crippen molar-refractivity contribution < 1.29 is 19.4 Å². The number of nitrogens with one attached hydrogen (secondary N) is 1. The molecule has 4 aliphatic carbocycles. The average Bonchev–Trinajstić information content (AvgIpc) is 2.29. The van der Waals surface area contributed by atoms with Crippen LogP contribution in [0.1, 0.15) is 66.2 Å². The fraction of sp³-hybridized carbons (Fsp3) is 0.889. The molecule has 1 amide bonds. The summed E-state index contributed by atoms with van der Waals surface area (Å²) >= 11 is 0. The molecule has 4 bridgehead atoms. The van der Waals surface area contributed by atoms with E-state index in [1.807, 2.05) is 20.8 Å². The fourth-order valence-corrected chi connectivity index (χ4v) is 5.73. The lowest BCUT2D eigenvalue weighted by Gasteiger charge is -2.62. The molecule has 0 aromatic heterocycles. The first-order valence-electron chi connectivity index (χ1n) is 8.73. The third-order valence-electron chi connectivity index (χ3n) is 5.76. The summed E-state index contributed by atoms with van der Waals surface area (Å²) in [6, 6.07) is -0.560. The predicted octanol–water partition coefficient (Wildman–Crippen LogP) is 2.80. The maximum atomic E-state index is 12.3. The first kappa shape index (κ1) is 16.7. The number of hydrogen-bond donors (Lipinski definition) is 2. The Morgan fingerprint density at radius 1 is 1.17 bits per heavy atom. The summed E-state index contributed by atoms with van der Waals surface area (Å²) in [6.45, 7) is 6.96. The Kier molecular flexibility index (Phi) is 3.79. The Morgan fingerprint density at radius 3 is 2.17 bits per heavy atom. The molecule has 0 aromatic carbocycles. The molecular formula is C18H29NO4. The molecule has 23 heavy (non-hydrogen) atoms.